The Morgan fingerprint density at radius 2 is 1.65 bits per heavy atom. The Balaban J connectivity index is 1.84. The summed E-state index contributed by atoms with van der Waals surface area (Å²) in [5.74, 6) is 0. The Morgan fingerprint density at radius 3 is 2.65 bits per heavy atom. The van der Waals surface area contributed by atoms with Gasteiger partial charge >= 0.3 is 0 Å². The first-order chi connectivity index (χ1) is 11.4. The van der Waals surface area contributed by atoms with Crippen LogP contribution in [0.25, 0.3) is 42.5 Å². The van der Waals surface area contributed by atoms with Crippen LogP contribution in [0.15, 0.2) is 66.9 Å². The SMILES string of the molecule is c1ccc2nnc(-c3nccc4c3sc3ccccc34)cc2c1. The Labute approximate surface area is 136 Å². The first-order valence-electron chi connectivity index (χ1n) is 7.39. The van der Waals surface area contributed by atoms with E-state index in [9.17, 15) is 0 Å². The third-order valence-corrected chi connectivity index (χ3v) is 5.22. The molecule has 5 rings (SSSR count). The molecule has 0 spiro atoms. The van der Waals surface area contributed by atoms with E-state index in [1.807, 2.05) is 24.4 Å². The number of benzene rings is 2. The van der Waals surface area contributed by atoms with Crippen molar-refractivity contribution in [3.63, 3.8) is 0 Å². The van der Waals surface area contributed by atoms with E-state index in [1.54, 1.807) is 11.3 Å². The standard InChI is InChI=1S/C19H11N3S/c1-3-7-15-12(5-1)11-16(22-21-15)18-19-14(9-10-20-18)13-6-2-4-8-17(13)23-19/h1-11H. The lowest BCUT2D eigenvalue weighted by molar-refractivity contribution is 1.07. The molecule has 0 aliphatic rings. The summed E-state index contributed by atoms with van der Waals surface area (Å²) in [7, 11) is 0. The van der Waals surface area contributed by atoms with Crippen LogP contribution in [0.4, 0.5) is 0 Å². The van der Waals surface area contributed by atoms with Crippen LogP contribution in [0.1, 0.15) is 0 Å². The third kappa shape index (κ3) is 1.92. The van der Waals surface area contributed by atoms with Crippen LogP contribution in [0.5, 0.6) is 0 Å². The lowest BCUT2D eigenvalue weighted by Crippen LogP contribution is -1.91. The molecule has 0 fully saturated rings. The molecule has 108 valence electrons. The maximum atomic E-state index is 4.59. The summed E-state index contributed by atoms with van der Waals surface area (Å²) in [4.78, 5) is 4.59. The molecule has 4 heteroatoms. The van der Waals surface area contributed by atoms with E-state index in [2.05, 4.69) is 57.6 Å². The van der Waals surface area contributed by atoms with Crippen LogP contribution < -0.4 is 0 Å². The van der Waals surface area contributed by atoms with Crippen molar-refractivity contribution >= 4 is 42.4 Å². The average Bonchev–Trinajstić information content (AvgIpc) is 3.00. The number of thiophene rings is 1. The monoisotopic (exact) mass is 313 g/mol. The predicted octanol–water partition coefficient (Wildman–Crippen LogP) is 5.06. The molecule has 0 radical (unpaired) electrons. The van der Waals surface area contributed by atoms with Gasteiger partial charge in [-0.15, -0.1) is 21.5 Å². The van der Waals surface area contributed by atoms with E-state index in [4.69, 9.17) is 0 Å². The number of aromatic nitrogens is 3. The van der Waals surface area contributed by atoms with Gasteiger partial charge in [-0.2, -0.15) is 0 Å². The zero-order valence-corrected chi connectivity index (χ0v) is 12.9. The number of pyridine rings is 1. The Hall–Kier alpha value is -2.85. The molecule has 0 N–H and O–H groups in total. The number of fused-ring (bicyclic) bond motifs is 4. The number of hydrogen-bond donors (Lipinski definition) is 0. The summed E-state index contributed by atoms with van der Waals surface area (Å²) in [6.07, 6.45) is 1.85. The molecule has 5 aromatic rings. The van der Waals surface area contributed by atoms with E-state index in [0.29, 0.717) is 0 Å². The van der Waals surface area contributed by atoms with Gasteiger partial charge in [-0.3, -0.25) is 4.98 Å². The largest absolute Gasteiger partial charge is 0.253 e. The van der Waals surface area contributed by atoms with E-state index >= 15 is 0 Å². The summed E-state index contributed by atoms with van der Waals surface area (Å²) < 4.78 is 2.43. The molecule has 3 nitrogen and oxygen atoms in total. The van der Waals surface area contributed by atoms with Gasteiger partial charge in [-0.05, 0) is 24.3 Å². The minimum atomic E-state index is 0.820. The van der Waals surface area contributed by atoms with Crippen molar-refractivity contribution < 1.29 is 0 Å². The normalized spacial score (nSPS) is 11.5. The van der Waals surface area contributed by atoms with Gasteiger partial charge in [-0.1, -0.05) is 36.4 Å². The number of rotatable bonds is 1. The predicted molar refractivity (Wildman–Crippen MR) is 95.7 cm³/mol. The smallest absolute Gasteiger partial charge is 0.113 e. The van der Waals surface area contributed by atoms with Crippen LogP contribution in [0.2, 0.25) is 0 Å². The van der Waals surface area contributed by atoms with E-state index in [1.165, 1.54) is 20.2 Å². The second-order valence-corrected chi connectivity index (χ2v) is 6.48. The maximum Gasteiger partial charge on any atom is 0.113 e. The maximum absolute atomic E-state index is 4.59. The van der Waals surface area contributed by atoms with Crippen LogP contribution in [0.3, 0.4) is 0 Å². The van der Waals surface area contributed by atoms with Crippen molar-refractivity contribution in [1.29, 1.82) is 0 Å². The van der Waals surface area contributed by atoms with Gasteiger partial charge in [0.1, 0.15) is 11.4 Å². The van der Waals surface area contributed by atoms with Gasteiger partial charge in [0.05, 0.1) is 10.2 Å². The van der Waals surface area contributed by atoms with Crippen molar-refractivity contribution in [3.8, 4) is 11.4 Å². The Kier molecular flexibility index (Phi) is 2.66. The zero-order valence-electron chi connectivity index (χ0n) is 12.1. The molecule has 0 bridgehead atoms. The summed E-state index contributed by atoms with van der Waals surface area (Å²) >= 11 is 1.76. The fourth-order valence-corrected chi connectivity index (χ4v) is 4.13. The molecule has 0 saturated heterocycles. The zero-order chi connectivity index (χ0) is 15.2. The third-order valence-electron chi connectivity index (χ3n) is 4.03. The van der Waals surface area contributed by atoms with Gasteiger partial charge in [0, 0.05) is 27.1 Å². The van der Waals surface area contributed by atoms with Crippen molar-refractivity contribution in [2.45, 2.75) is 0 Å². The molecule has 3 heterocycles. The summed E-state index contributed by atoms with van der Waals surface area (Å²) in [5, 5.41) is 12.3. The van der Waals surface area contributed by atoms with Crippen molar-refractivity contribution in [2.75, 3.05) is 0 Å². The molecule has 3 aromatic heterocycles. The lowest BCUT2D eigenvalue weighted by atomic mass is 10.1. The van der Waals surface area contributed by atoms with Crippen molar-refractivity contribution in [2.24, 2.45) is 0 Å². The fraction of sp³-hybridized carbons (Fsp3) is 0. The van der Waals surface area contributed by atoms with Crippen LogP contribution in [-0.4, -0.2) is 15.2 Å². The molecule has 0 saturated carbocycles. The first kappa shape index (κ1) is 12.7. The highest BCUT2D eigenvalue weighted by atomic mass is 32.1. The molecular weight excluding hydrogens is 302 g/mol. The fourth-order valence-electron chi connectivity index (χ4n) is 2.93. The Morgan fingerprint density at radius 1 is 0.783 bits per heavy atom. The van der Waals surface area contributed by atoms with Gasteiger partial charge in [-0.25, -0.2) is 0 Å². The quantitative estimate of drug-likeness (QED) is 0.434. The van der Waals surface area contributed by atoms with E-state index in [-0.39, 0.29) is 0 Å². The molecule has 0 aliphatic heterocycles. The van der Waals surface area contributed by atoms with Crippen molar-refractivity contribution in [3.05, 3.63) is 66.9 Å². The van der Waals surface area contributed by atoms with Crippen LogP contribution in [-0.2, 0) is 0 Å². The molecular formula is C19H11N3S. The summed E-state index contributed by atoms with van der Waals surface area (Å²) in [5.41, 5.74) is 2.63. The van der Waals surface area contributed by atoms with Crippen molar-refractivity contribution in [1.82, 2.24) is 15.2 Å². The van der Waals surface area contributed by atoms with Gasteiger partial charge in [0.15, 0.2) is 0 Å². The molecule has 2 aromatic carbocycles. The summed E-state index contributed by atoms with van der Waals surface area (Å²) in [6.45, 7) is 0. The molecule has 0 atom stereocenters. The highest BCUT2D eigenvalue weighted by Gasteiger charge is 2.12. The second kappa shape index (κ2) is 4.83. The molecule has 0 amide bonds. The van der Waals surface area contributed by atoms with Crippen LogP contribution >= 0.6 is 11.3 Å². The van der Waals surface area contributed by atoms with Gasteiger partial charge in [0.2, 0.25) is 0 Å². The highest BCUT2D eigenvalue weighted by molar-refractivity contribution is 7.26. The highest BCUT2D eigenvalue weighted by Crippen LogP contribution is 2.38. The molecule has 0 aliphatic carbocycles. The van der Waals surface area contributed by atoms with E-state index in [0.717, 1.165) is 22.3 Å². The topological polar surface area (TPSA) is 38.7 Å². The van der Waals surface area contributed by atoms with E-state index < -0.39 is 0 Å². The Bertz CT molecular complexity index is 1180. The lowest BCUT2D eigenvalue weighted by Gasteiger charge is -2.02. The minimum absolute atomic E-state index is 0.820. The number of hydrogen-bond acceptors (Lipinski definition) is 4. The van der Waals surface area contributed by atoms with Gasteiger partial charge in [0.25, 0.3) is 0 Å². The van der Waals surface area contributed by atoms with Crippen LogP contribution in [0, 0.1) is 0 Å². The summed E-state index contributed by atoms with van der Waals surface area (Å²) in [6, 6.07) is 20.6. The van der Waals surface area contributed by atoms with Gasteiger partial charge < -0.3 is 0 Å². The number of nitrogens with zero attached hydrogens (tertiary/aromatic N) is 3. The minimum Gasteiger partial charge on any atom is -0.253 e. The first-order valence-corrected chi connectivity index (χ1v) is 8.21. The average molecular weight is 313 g/mol. The molecule has 23 heavy (non-hydrogen) atoms. The molecule has 0 unspecified atom stereocenters. The second-order valence-electron chi connectivity index (χ2n) is 5.42.